The molecule has 0 amide bonds. The van der Waals surface area contributed by atoms with Crippen molar-refractivity contribution in [1.29, 1.82) is 0 Å². The van der Waals surface area contributed by atoms with Gasteiger partial charge in [-0.15, -0.1) is 0 Å². The van der Waals surface area contributed by atoms with Crippen LogP contribution in [0, 0.1) is 17.8 Å². The van der Waals surface area contributed by atoms with Crippen molar-refractivity contribution in [2.75, 3.05) is 0 Å². The summed E-state index contributed by atoms with van der Waals surface area (Å²) in [5.41, 5.74) is 1.13. The molecule has 4 nitrogen and oxygen atoms in total. The Kier molecular flexibility index (Phi) is 8.50. The van der Waals surface area contributed by atoms with Gasteiger partial charge in [-0.1, -0.05) is 59.4 Å². The fourth-order valence-corrected chi connectivity index (χ4v) is 4.50. The van der Waals surface area contributed by atoms with Crippen LogP contribution >= 0.6 is 0 Å². The molecule has 3 rings (SSSR count). The SMILES string of the molecule is CCCC(CC[C@H](C)CC)[C@@H](C)CC(=O)c1n[nH]c2ccc(-c3cncc(C(F)(F)F)c3)cc12. The predicted molar refractivity (Wildman–Crippen MR) is 130 cm³/mol. The van der Waals surface area contributed by atoms with Gasteiger partial charge in [-0.05, 0) is 47.9 Å². The van der Waals surface area contributed by atoms with Crippen LogP contribution in [-0.2, 0) is 6.18 Å². The first-order chi connectivity index (χ1) is 16.1. The van der Waals surface area contributed by atoms with Crippen LogP contribution in [0.25, 0.3) is 22.0 Å². The summed E-state index contributed by atoms with van der Waals surface area (Å²) in [4.78, 5) is 17.0. The number of ketones is 1. The Hall–Kier alpha value is -2.70. The quantitative estimate of drug-likeness (QED) is 0.286. The predicted octanol–water partition coefficient (Wildman–Crippen LogP) is 8.10. The third-order valence-corrected chi connectivity index (χ3v) is 6.92. The number of aromatic nitrogens is 3. The van der Waals surface area contributed by atoms with Crippen molar-refractivity contribution in [1.82, 2.24) is 15.2 Å². The molecule has 3 aromatic rings. The van der Waals surface area contributed by atoms with E-state index < -0.39 is 11.7 Å². The minimum absolute atomic E-state index is 0.0392. The Balaban J connectivity index is 1.82. The summed E-state index contributed by atoms with van der Waals surface area (Å²) in [7, 11) is 0. The molecule has 0 spiro atoms. The fourth-order valence-electron chi connectivity index (χ4n) is 4.50. The van der Waals surface area contributed by atoms with Crippen LogP contribution in [0.1, 0.15) is 82.3 Å². The molecule has 0 radical (unpaired) electrons. The standard InChI is InChI=1S/C27H34F3N3O/c1-5-7-19(9-8-17(3)6-2)18(4)12-25(34)26-23-14-20(10-11-24(23)32-33-26)21-13-22(16-31-15-21)27(28,29)30/h10-11,13-19H,5-9,12H2,1-4H3,(H,32,33)/t17-,18+,19?/m1/s1. The zero-order valence-electron chi connectivity index (χ0n) is 20.4. The molecule has 1 aromatic carbocycles. The van der Waals surface area contributed by atoms with Gasteiger partial charge in [-0.25, -0.2) is 0 Å². The number of Topliss-reactive ketones (excluding diaryl/α,β-unsaturated/α-hetero) is 1. The molecule has 3 atom stereocenters. The lowest BCUT2D eigenvalue weighted by molar-refractivity contribution is -0.137. The molecule has 0 fully saturated rings. The number of pyridine rings is 1. The van der Waals surface area contributed by atoms with Crippen LogP contribution in [0.15, 0.2) is 36.7 Å². The molecule has 2 aromatic heterocycles. The summed E-state index contributed by atoms with van der Waals surface area (Å²) in [6, 6.07) is 6.25. The molecule has 0 saturated carbocycles. The first kappa shape index (κ1) is 25.9. The highest BCUT2D eigenvalue weighted by Crippen LogP contribution is 2.33. The highest BCUT2D eigenvalue weighted by atomic mass is 19.4. The monoisotopic (exact) mass is 473 g/mol. The van der Waals surface area contributed by atoms with Crippen LogP contribution in [0.4, 0.5) is 13.2 Å². The highest BCUT2D eigenvalue weighted by molar-refractivity contribution is 6.06. The van der Waals surface area contributed by atoms with E-state index in [4.69, 9.17) is 0 Å². The molecule has 0 aliphatic carbocycles. The maximum Gasteiger partial charge on any atom is 0.417 e. The fraction of sp³-hybridized carbons (Fsp3) is 0.519. The minimum Gasteiger partial charge on any atom is -0.292 e. The molecular weight excluding hydrogens is 439 g/mol. The van der Waals surface area contributed by atoms with Crippen LogP contribution in [0.3, 0.4) is 0 Å². The number of carbonyl (C=O) groups excluding carboxylic acids is 1. The van der Waals surface area contributed by atoms with Crippen molar-refractivity contribution in [3.8, 4) is 11.1 Å². The van der Waals surface area contributed by atoms with E-state index >= 15 is 0 Å². The van der Waals surface area contributed by atoms with E-state index in [1.165, 1.54) is 12.6 Å². The summed E-state index contributed by atoms with van der Waals surface area (Å²) >= 11 is 0. The Bertz CT molecular complexity index is 1110. The number of nitrogens with zero attached hydrogens (tertiary/aromatic N) is 2. The van der Waals surface area contributed by atoms with Crippen LogP contribution in [-0.4, -0.2) is 21.0 Å². The van der Waals surface area contributed by atoms with E-state index in [1.807, 2.05) is 0 Å². The average molecular weight is 474 g/mol. The van der Waals surface area contributed by atoms with Gasteiger partial charge in [0.15, 0.2) is 5.78 Å². The molecule has 0 aliphatic rings. The van der Waals surface area contributed by atoms with Crippen molar-refractivity contribution in [2.24, 2.45) is 17.8 Å². The Labute approximate surface area is 199 Å². The Morgan fingerprint density at radius 3 is 2.47 bits per heavy atom. The number of carbonyl (C=O) groups is 1. The molecule has 1 unspecified atom stereocenters. The first-order valence-corrected chi connectivity index (χ1v) is 12.2. The van der Waals surface area contributed by atoms with Crippen molar-refractivity contribution < 1.29 is 18.0 Å². The number of H-pyrrole nitrogens is 1. The molecule has 0 bridgehead atoms. The second kappa shape index (κ2) is 11.2. The van der Waals surface area contributed by atoms with Gasteiger partial charge in [-0.2, -0.15) is 18.3 Å². The maximum atomic E-state index is 13.2. The van der Waals surface area contributed by atoms with E-state index in [0.717, 1.165) is 37.9 Å². The Morgan fingerprint density at radius 1 is 1.03 bits per heavy atom. The largest absolute Gasteiger partial charge is 0.417 e. The summed E-state index contributed by atoms with van der Waals surface area (Å²) in [5, 5.41) is 7.78. The number of fused-ring (bicyclic) bond motifs is 1. The second-order valence-corrected chi connectivity index (χ2v) is 9.54. The van der Waals surface area contributed by atoms with E-state index in [2.05, 4.69) is 42.9 Å². The topological polar surface area (TPSA) is 58.6 Å². The van der Waals surface area contributed by atoms with Crippen LogP contribution < -0.4 is 0 Å². The lowest BCUT2D eigenvalue weighted by Crippen LogP contribution is -2.17. The van der Waals surface area contributed by atoms with Crippen LogP contribution in [0.5, 0.6) is 0 Å². The average Bonchev–Trinajstić information content (AvgIpc) is 3.24. The van der Waals surface area contributed by atoms with Gasteiger partial charge in [0.05, 0.1) is 11.1 Å². The minimum atomic E-state index is -4.47. The molecule has 2 heterocycles. The molecular formula is C27H34F3N3O. The van der Waals surface area contributed by atoms with Crippen molar-refractivity contribution in [3.63, 3.8) is 0 Å². The third-order valence-electron chi connectivity index (χ3n) is 6.92. The van der Waals surface area contributed by atoms with Gasteiger partial charge in [0.1, 0.15) is 5.69 Å². The lowest BCUT2D eigenvalue weighted by atomic mass is 9.81. The third kappa shape index (κ3) is 6.24. The molecule has 0 aliphatic heterocycles. The number of halogens is 3. The maximum absolute atomic E-state index is 13.2. The normalized spacial score (nSPS) is 14.8. The lowest BCUT2D eigenvalue weighted by Gasteiger charge is -2.24. The smallest absolute Gasteiger partial charge is 0.292 e. The van der Waals surface area contributed by atoms with E-state index in [1.54, 1.807) is 18.2 Å². The van der Waals surface area contributed by atoms with Crippen LogP contribution in [0.2, 0.25) is 0 Å². The second-order valence-electron chi connectivity index (χ2n) is 9.54. The molecule has 34 heavy (non-hydrogen) atoms. The summed E-state index contributed by atoms with van der Waals surface area (Å²) in [5.74, 6) is 1.36. The molecule has 7 heteroatoms. The van der Waals surface area contributed by atoms with Gasteiger partial charge in [0.2, 0.25) is 0 Å². The van der Waals surface area contributed by atoms with Crippen molar-refractivity contribution in [2.45, 2.75) is 72.4 Å². The van der Waals surface area contributed by atoms with Gasteiger partial charge in [-0.3, -0.25) is 14.9 Å². The van der Waals surface area contributed by atoms with E-state index in [9.17, 15) is 18.0 Å². The number of hydrogen-bond acceptors (Lipinski definition) is 3. The number of aromatic amines is 1. The molecule has 0 saturated heterocycles. The number of rotatable bonds is 11. The van der Waals surface area contributed by atoms with E-state index in [0.29, 0.717) is 46.0 Å². The van der Waals surface area contributed by atoms with Crippen molar-refractivity contribution in [3.05, 3.63) is 47.9 Å². The Morgan fingerprint density at radius 2 is 1.79 bits per heavy atom. The van der Waals surface area contributed by atoms with Gasteiger partial charge >= 0.3 is 6.18 Å². The van der Waals surface area contributed by atoms with Crippen molar-refractivity contribution >= 4 is 16.7 Å². The van der Waals surface area contributed by atoms with Gasteiger partial charge < -0.3 is 0 Å². The number of hydrogen-bond donors (Lipinski definition) is 1. The van der Waals surface area contributed by atoms with E-state index in [-0.39, 0.29) is 11.7 Å². The van der Waals surface area contributed by atoms with Gasteiger partial charge in [0, 0.05) is 29.8 Å². The number of nitrogens with one attached hydrogen (secondary N) is 1. The zero-order valence-corrected chi connectivity index (χ0v) is 20.4. The zero-order chi connectivity index (χ0) is 24.9. The molecule has 1 N–H and O–H groups in total. The summed E-state index contributed by atoms with van der Waals surface area (Å²) in [6.07, 6.45) is 3.77. The number of benzene rings is 1. The summed E-state index contributed by atoms with van der Waals surface area (Å²) in [6.45, 7) is 8.80. The summed E-state index contributed by atoms with van der Waals surface area (Å²) < 4.78 is 39.4. The first-order valence-electron chi connectivity index (χ1n) is 12.2. The highest BCUT2D eigenvalue weighted by Gasteiger charge is 2.31. The van der Waals surface area contributed by atoms with Gasteiger partial charge in [0.25, 0.3) is 0 Å². The number of alkyl halides is 3. The molecule has 184 valence electrons.